The summed E-state index contributed by atoms with van der Waals surface area (Å²) in [6.45, 7) is 3.31. The Morgan fingerprint density at radius 1 is 1.12 bits per heavy atom. The molecule has 2 aromatic carbocycles. The molecule has 1 atom stereocenters. The van der Waals surface area contributed by atoms with Crippen molar-refractivity contribution in [2.75, 3.05) is 43.9 Å². The van der Waals surface area contributed by atoms with Crippen molar-refractivity contribution in [1.29, 1.82) is 0 Å². The summed E-state index contributed by atoms with van der Waals surface area (Å²) < 4.78 is 0. The molecule has 170 valence electrons. The lowest BCUT2D eigenvalue weighted by atomic mass is 9.83. The predicted molar refractivity (Wildman–Crippen MR) is 136 cm³/mol. The highest BCUT2D eigenvalue weighted by Crippen LogP contribution is 2.38. The van der Waals surface area contributed by atoms with Crippen LogP contribution in [-0.2, 0) is 0 Å². The lowest BCUT2D eigenvalue weighted by molar-refractivity contribution is 0.0976. The monoisotopic (exact) mass is 462 g/mol. The molecule has 3 fully saturated rings. The number of halogens is 1. The fourth-order valence-corrected chi connectivity index (χ4v) is 5.74. The van der Waals surface area contributed by atoms with E-state index in [4.69, 9.17) is 16.6 Å². The molecule has 3 aliphatic heterocycles. The zero-order chi connectivity index (χ0) is 22.7. The quantitative estimate of drug-likeness (QED) is 0.421. The van der Waals surface area contributed by atoms with Gasteiger partial charge in [0, 0.05) is 32.1 Å². The van der Waals surface area contributed by atoms with E-state index in [9.17, 15) is 4.79 Å². The highest BCUT2D eigenvalue weighted by molar-refractivity contribution is 6.34. The van der Waals surface area contributed by atoms with Crippen LogP contribution in [0.15, 0.2) is 41.2 Å². The summed E-state index contributed by atoms with van der Waals surface area (Å²) in [4.78, 5) is 29.1. The van der Waals surface area contributed by atoms with Crippen LogP contribution >= 0.6 is 11.6 Å². The molecule has 33 heavy (non-hydrogen) atoms. The lowest BCUT2D eigenvalue weighted by Gasteiger charge is -2.45. The van der Waals surface area contributed by atoms with Crippen molar-refractivity contribution >= 4 is 44.9 Å². The average Bonchev–Trinajstić information content (AvgIpc) is 3.23. The van der Waals surface area contributed by atoms with Crippen LogP contribution in [0.5, 0.6) is 0 Å². The minimum Gasteiger partial charge on any atom is -0.379 e. The highest BCUT2D eigenvalue weighted by atomic mass is 35.5. The van der Waals surface area contributed by atoms with Gasteiger partial charge in [-0.15, -0.1) is 0 Å². The first kappa shape index (κ1) is 20.6. The second-order valence-electron chi connectivity index (χ2n) is 9.44. The van der Waals surface area contributed by atoms with Crippen molar-refractivity contribution in [3.8, 4) is 11.4 Å². The molecule has 5 heterocycles. The van der Waals surface area contributed by atoms with Gasteiger partial charge in [-0.25, -0.2) is 4.98 Å². The Bertz CT molecular complexity index is 1380. The first-order valence-corrected chi connectivity index (χ1v) is 11.9. The van der Waals surface area contributed by atoms with Gasteiger partial charge in [-0.2, -0.15) is 0 Å². The summed E-state index contributed by atoms with van der Waals surface area (Å²) in [6.07, 6.45) is 2.37. The minimum atomic E-state index is -0.169. The molecule has 2 aromatic heterocycles. The van der Waals surface area contributed by atoms with Crippen LogP contribution in [0.1, 0.15) is 12.8 Å². The largest absolute Gasteiger partial charge is 0.379 e. The normalized spacial score (nSPS) is 22.2. The van der Waals surface area contributed by atoms with E-state index in [1.807, 2.05) is 55.4 Å². The maximum absolute atomic E-state index is 13.5. The average molecular weight is 463 g/mol. The number of para-hydroxylation sites is 2. The lowest BCUT2D eigenvalue weighted by Crippen LogP contribution is -2.53. The van der Waals surface area contributed by atoms with Crippen LogP contribution in [0.4, 0.5) is 11.4 Å². The number of piperidine rings is 3. The maximum Gasteiger partial charge on any atom is 0.261 e. The SMILES string of the molecule is CN(C)c1cc2[nH]c(=O)c(-c3nc4ccccc4[nH]3)c(N[C@H]3CN4CCC3CC4)c2cc1Cl. The molecule has 4 aromatic rings. The van der Waals surface area contributed by atoms with E-state index in [1.54, 1.807) is 0 Å². The van der Waals surface area contributed by atoms with Gasteiger partial charge in [-0.1, -0.05) is 23.7 Å². The molecule has 3 saturated heterocycles. The Kier molecular flexibility index (Phi) is 4.85. The van der Waals surface area contributed by atoms with Gasteiger partial charge in [0.2, 0.25) is 0 Å². The molecule has 0 spiro atoms. The molecular weight excluding hydrogens is 436 g/mol. The smallest absolute Gasteiger partial charge is 0.261 e. The first-order chi connectivity index (χ1) is 16.0. The summed E-state index contributed by atoms with van der Waals surface area (Å²) >= 11 is 6.69. The van der Waals surface area contributed by atoms with Crippen LogP contribution in [-0.4, -0.2) is 59.6 Å². The molecule has 0 unspecified atom stereocenters. The molecule has 2 bridgehead atoms. The van der Waals surface area contributed by atoms with Crippen molar-refractivity contribution in [2.45, 2.75) is 18.9 Å². The summed E-state index contributed by atoms with van der Waals surface area (Å²) in [5.41, 5.74) is 4.53. The van der Waals surface area contributed by atoms with E-state index in [0.29, 0.717) is 22.3 Å². The third kappa shape index (κ3) is 3.47. The Labute approximate surface area is 196 Å². The first-order valence-electron chi connectivity index (χ1n) is 11.5. The molecular formula is C25H27ClN6O. The number of aromatic amines is 2. The van der Waals surface area contributed by atoms with E-state index in [1.165, 1.54) is 12.8 Å². The number of pyridine rings is 1. The van der Waals surface area contributed by atoms with Crippen LogP contribution in [0.25, 0.3) is 33.3 Å². The van der Waals surface area contributed by atoms with Gasteiger partial charge >= 0.3 is 0 Å². The molecule has 8 heteroatoms. The summed E-state index contributed by atoms with van der Waals surface area (Å²) in [5, 5.41) is 5.34. The Morgan fingerprint density at radius 2 is 1.91 bits per heavy atom. The molecule has 0 amide bonds. The summed E-state index contributed by atoms with van der Waals surface area (Å²) in [5.74, 6) is 1.17. The van der Waals surface area contributed by atoms with Crippen LogP contribution in [0.3, 0.4) is 0 Å². The van der Waals surface area contributed by atoms with E-state index in [-0.39, 0.29) is 11.6 Å². The van der Waals surface area contributed by atoms with Gasteiger partial charge in [-0.05, 0) is 56.1 Å². The Morgan fingerprint density at radius 3 is 2.61 bits per heavy atom. The fourth-order valence-electron chi connectivity index (χ4n) is 5.41. The van der Waals surface area contributed by atoms with Gasteiger partial charge in [0.05, 0.1) is 32.9 Å². The number of hydrogen-bond donors (Lipinski definition) is 3. The molecule has 0 aliphatic carbocycles. The van der Waals surface area contributed by atoms with Crippen molar-refractivity contribution in [2.24, 2.45) is 5.92 Å². The zero-order valence-corrected chi connectivity index (χ0v) is 19.5. The number of benzene rings is 2. The molecule has 7 nitrogen and oxygen atoms in total. The summed E-state index contributed by atoms with van der Waals surface area (Å²) in [7, 11) is 3.89. The molecule has 0 radical (unpaired) electrons. The maximum atomic E-state index is 13.5. The van der Waals surface area contributed by atoms with E-state index in [2.05, 4.69) is 20.2 Å². The number of H-pyrrole nitrogens is 2. The highest BCUT2D eigenvalue weighted by Gasteiger charge is 2.35. The number of hydrogen-bond acceptors (Lipinski definition) is 5. The number of nitrogens with one attached hydrogen (secondary N) is 3. The van der Waals surface area contributed by atoms with Gasteiger partial charge in [0.1, 0.15) is 11.4 Å². The third-order valence-corrected chi connectivity index (χ3v) is 7.48. The van der Waals surface area contributed by atoms with E-state index < -0.39 is 0 Å². The van der Waals surface area contributed by atoms with Crippen LogP contribution in [0, 0.1) is 5.92 Å². The molecule has 0 saturated carbocycles. The molecule has 7 rings (SSSR count). The zero-order valence-electron chi connectivity index (χ0n) is 18.8. The number of fused-ring (bicyclic) bond motifs is 5. The number of rotatable bonds is 4. The second-order valence-corrected chi connectivity index (χ2v) is 9.85. The molecule has 3 N–H and O–H groups in total. The number of imidazole rings is 1. The van der Waals surface area contributed by atoms with Gasteiger partial charge in [-0.3, -0.25) is 4.79 Å². The van der Waals surface area contributed by atoms with Crippen LogP contribution in [0.2, 0.25) is 5.02 Å². The van der Waals surface area contributed by atoms with Crippen molar-refractivity contribution in [3.05, 3.63) is 51.8 Å². The van der Waals surface area contributed by atoms with Crippen molar-refractivity contribution in [3.63, 3.8) is 0 Å². The van der Waals surface area contributed by atoms with Crippen LogP contribution < -0.4 is 15.8 Å². The number of nitrogens with zero attached hydrogens (tertiary/aromatic N) is 3. The third-order valence-electron chi connectivity index (χ3n) is 7.18. The predicted octanol–water partition coefficient (Wildman–Crippen LogP) is 4.30. The topological polar surface area (TPSA) is 80.0 Å². The van der Waals surface area contributed by atoms with E-state index in [0.717, 1.165) is 52.9 Å². The van der Waals surface area contributed by atoms with Gasteiger partial charge < -0.3 is 25.1 Å². The molecule has 3 aliphatic rings. The Balaban J connectivity index is 1.58. The summed E-state index contributed by atoms with van der Waals surface area (Å²) in [6, 6.07) is 12.0. The fraction of sp³-hybridized carbons (Fsp3) is 0.360. The Hall–Kier alpha value is -3.03. The minimum absolute atomic E-state index is 0.169. The van der Waals surface area contributed by atoms with Gasteiger partial charge in [0.15, 0.2) is 0 Å². The number of anilines is 2. The van der Waals surface area contributed by atoms with Crippen molar-refractivity contribution in [1.82, 2.24) is 19.9 Å². The standard InChI is InChI=1S/C25H27ClN6O/c1-31(2)21-12-19-15(11-16(21)26)23(27-20-13-32-9-7-14(20)8-10-32)22(25(33)30-19)24-28-17-5-3-4-6-18(17)29-24/h3-6,11-12,14,20H,7-10,13H2,1-2H3,(H,28,29)(H2,27,30,33)/t20-/m0/s1. The van der Waals surface area contributed by atoms with Crippen molar-refractivity contribution < 1.29 is 0 Å². The van der Waals surface area contributed by atoms with Gasteiger partial charge in [0.25, 0.3) is 5.56 Å². The second kappa shape index (κ2) is 7.78. The van der Waals surface area contributed by atoms with E-state index >= 15 is 0 Å². The number of aromatic nitrogens is 3.